The minimum atomic E-state index is -1.12. The zero-order chi connectivity index (χ0) is 11.3. The molecule has 78 valence electrons. The van der Waals surface area contributed by atoms with E-state index in [1.54, 1.807) is 0 Å². The second kappa shape index (κ2) is 5.07. The van der Waals surface area contributed by atoms with Gasteiger partial charge in [0.2, 0.25) is 0 Å². The molecule has 0 aliphatic heterocycles. The van der Waals surface area contributed by atoms with Crippen LogP contribution in [0.1, 0.15) is 10.5 Å². The van der Waals surface area contributed by atoms with Gasteiger partial charge < -0.3 is 10.0 Å². The highest BCUT2D eigenvalue weighted by Gasteiger charge is 2.19. The van der Waals surface area contributed by atoms with Crippen molar-refractivity contribution in [1.29, 1.82) is 0 Å². The van der Waals surface area contributed by atoms with Crippen LogP contribution in [0.2, 0.25) is 0 Å². The van der Waals surface area contributed by atoms with E-state index in [-0.39, 0.29) is 12.2 Å². The van der Waals surface area contributed by atoms with Gasteiger partial charge in [-0.3, -0.25) is 9.59 Å². The fraction of sp³-hybridized carbons (Fsp3) is 0.250. The zero-order valence-corrected chi connectivity index (χ0v) is 8.40. The third kappa shape index (κ3) is 3.03. The minimum absolute atomic E-state index is 0.0668. The summed E-state index contributed by atoms with van der Waals surface area (Å²) in [5.74, 6) is 0.566. The molecule has 0 aromatic carbocycles. The third-order valence-corrected chi connectivity index (χ3v) is 1.95. The van der Waals surface area contributed by atoms with Crippen LogP contribution in [0, 0.1) is 12.3 Å². The quantitative estimate of drug-likeness (QED) is 0.711. The predicted octanol–water partition coefficient (Wildman–Crippen LogP) is -0.302. The summed E-state index contributed by atoms with van der Waals surface area (Å²) in [6.07, 6.45) is 6.30. The highest BCUT2D eigenvalue weighted by molar-refractivity contribution is 6.99. The highest BCUT2D eigenvalue weighted by atomic mass is 32.1. The van der Waals surface area contributed by atoms with Gasteiger partial charge in [-0.15, -0.1) is 6.42 Å². The van der Waals surface area contributed by atoms with Crippen molar-refractivity contribution < 1.29 is 14.7 Å². The molecule has 7 heteroatoms. The Morgan fingerprint density at radius 3 is 2.87 bits per heavy atom. The topological polar surface area (TPSA) is 83.4 Å². The van der Waals surface area contributed by atoms with Gasteiger partial charge in [0.05, 0.1) is 24.5 Å². The van der Waals surface area contributed by atoms with Gasteiger partial charge in [-0.25, -0.2) is 0 Å². The summed E-state index contributed by atoms with van der Waals surface area (Å²) in [4.78, 5) is 23.1. The summed E-state index contributed by atoms with van der Waals surface area (Å²) in [5.41, 5.74) is 0.108. The molecule has 1 N–H and O–H groups in total. The summed E-state index contributed by atoms with van der Waals surface area (Å²) >= 11 is 0.876. The Morgan fingerprint density at radius 1 is 1.67 bits per heavy atom. The molecular weight excluding hydrogens is 218 g/mol. The molecule has 0 saturated heterocycles. The number of aromatic nitrogens is 2. The molecule has 0 aliphatic carbocycles. The molecule has 1 amide bonds. The number of hydrogen-bond acceptors (Lipinski definition) is 5. The van der Waals surface area contributed by atoms with Crippen LogP contribution in [0.15, 0.2) is 6.20 Å². The largest absolute Gasteiger partial charge is 0.480 e. The van der Waals surface area contributed by atoms with Gasteiger partial charge in [-0.1, -0.05) is 5.92 Å². The summed E-state index contributed by atoms with van der Waals surface area (Å²) < 4.78 is 7.35. The van der Waals surface area contributed by atoms with Crippen molar-refractivity contribution in [2.45, 2.75) is 0 Å². The van der Waals surface area contributed by atoms with E-state index in [2.05, 4.69) is 14.7 Å². The van der Waals surface area contributed by atoms with Crippen LogP contribution in [-0.2, 0) is 4.79 Å². The van der Waals surface area contributed by atoms with Gasteiger partial charge in [0.1, 0.15) is 6.54 Å². The first kappa shape index (κ1) is 11.1. The molecule has 0 fully saturated rings. The average Bonchev–Trinajstić information content (AvgIpc) is 2.68. The number of hydrogen-bond donors (Lipinski definition) is 1. The van der Waals surface area contributed by atoms with E-state index in [0.717, 1.165) is 16.6 Å². The van der Waals surface area contributed by atoms with Crippen LogP contribution < -0.4 is 0 Å². The van der Waals surface area contributed by atoms with Crippen molar-refractivity contribution in [2.24, 2.45) is 0 Å². The molecule has 0 atom stereocenters. The van der Waals surface area contributed by atoms with E-state index in [0.29, 0.717) is 0 Å². The number of carboxylic acid groups (broad SMARTS) is 1. The number of carboxylic acids is 1. The Hall–Kier alpha value is -1.94. The maximum atomic E-state index is 11.6. The maximum absolute atomic E-state index is 11.6. The number of carbonyl (C=O) groups excluding carboxylic acids is 1. The second-order valence-electron chi connectivity index (χ2n) is 2.55. The standard InChI is InChI=1S/C8H7N3O3S/c1-2-3-11(5-7(12)13)8(14)6-4-9-15-10-6/h1,4H,3,5H2,(H,12,13). The van der Waals surface area contributed by atoms with Gasteiger partial charge >= 0.3 is 5.97 Å². The molecule has 0 spiro atoms. The highest BCUT2D eigenvalue weighted by Crippen LogP contribution is 2.01. The Morgan fingerprint density at radius 2 is 2.40 bits per heavy atom. The number of amides is 1. The van der Waals surface area contributed by atoms with E-state index in [1.165, 1.54) is 6.20 Å². The van der Waals surface area contributed by atoms with Crippen molar-refractivity contribution in [3.05, 3.63) is 11.9 Å². The first-order valence-corrected chi connectivity index (χ1v) is 4.60. The Kier molecular flexibility index (Phi) is 3.76. The molecule has 1 rings (SSSR count). The summed E-state index contributed by atoms with van der Waals surface area (Å²) in [6.45, 7) is -0.511. The number of terminal acetylenes is 1. The number of carbonyl (C=O) groups is 2. The van der Waals surface area contributed by atoms with Crippen LogP contribution in [0.4, 0.5) is 0 Å². The first-order valence-electron chi connectivity index (χ1n) is 3.87. The van der Waals surface area contributed by atoms with Crippen molar-refractivity contribution in [3.8, 4) is 12.3 Å². The number of rotatable bonds is 4. The van der Waals surface area contributed by atoms with Gasteiger partial charge in [-0.2, -0.15) is 8.75 Å². The molecule has 0 bridgehead atoms. The maximum Gasteiger partial charge on any atom is 0.323 e. The molecule has 1 aromatic rings. The monoisotopic (exact) mass is 225 g/mol. The predicted molar refractivity (Wildman–Crippen MR) is 52.3 cm³/mol. The first-order chi connectivity index (χ1) is 7.15. The summed E-state index contributed by atoms with van der Waals surface area (Å²) in [5, 5.41) is 8.56. The minimum Gasteiger partial charge on any atom is -0.480 e. The molecule has 1 aromatic heterocycles. The fourth-order valence-electron chi connectivity index (χ4n) is 0.894. The Bertz CT molecular complexity index is 396. The fourth-order valence-corrected chi connectivity index (χ4v) is 1.30. The van der Waals surface area contributed by atoms with Crippen LogP contribution in [0.3, 0.4) is 0 Å². The number of nitrogens with zero attached hydrogens (tertiary/aromatic N) is 3. The lowest BCUT2D eigenvalue weighted by Crippen LogP contribution is -2.36. The second-order valence-corrected chi connectivity index (χ2v) is 3.11. The normalized spacial score (nSPS) is 9.27. The lowest BCUT2D eigenvalue weighted by Gasteiger charge is -2.15. The molecule has 0 unspecified atom stereocenters. The average molecular weight is 225 g/mol. The molecule has 15 heavy (non-hydrogen) atoms. The van der Waals surface area contributed by atoms with Crippen molar-refractivity contribution >= 4 is 23.6 Å². The van der Waals surface area contributed by atoms with E-state index >= 15 is 0 Å². The summed E-state index contributed by atoms with van der Waals surface area (Å²) in [7, 11) is 0. The number of aliphatic carboxylic acids is 1. The van der Waals surface area contributed by atoms with Crippen molar-refractivity contribution in [2.75, 3.05) is 13.1 Å². The molecular formula is C8H7N3O3S. The third-order valence-electron chi connectivity index (χ3n) is 1.48. The van der Waals surface area contributed by atoms with Crippen molar-refractivity contribution in [3.63, 3.8) is 0 Å². The van der Waals surface area contributed by atoms with Crippen molar-refractivity contribution in [1.82, 2.24) is 13.6 Å². The van der Waals surface area contributed by atoms with E-state index in [4.69, 9.17) is 11.5 Å². The van der Waals surface area contributed by atoms with Gasteiger partial charge in [0.25, 0.3) is 5.91 Å². The lowest BCUT2D eigenvalue weighted by atomic mass is 10.3. The molecule has 0 saturated carbocycles. The van der Waals surface area contributed by atoms with Gasteiger partial charge in [0, 0.05) is 0 Å². The van der Waals surface area contributed by atoms with Crippen LogP contribution in [0.25, 0.3) is 0 Å². The van der Waals surface area contributed by atoms with Crippen LogP contribution in [-0.4, -0.2) is 43.7 Å². The van der Waals surface area contributed by atoms with E-state index < -0.39 is 18.4 Å². The Balaban J connectivity index is 2.76. The molecule has 1 heterocycles. The molecule has 0 aliphatic rings. The van der Waals surface area contributed by atoms with Gasteiger partial charge in [-0.05, 0) is 0 Å². The SMILES string of the molecule is C#CCN(CC(=O)O)C(=O)c1cnsn1. The molecule has 6 nitrogen and oxygen atoms in total. The van der Waals surface area contributed by atoms with Crippen LogP contribution >= 0.6 is 11.7 Å². The summed E-state index contributed by atoms with van der Waals surface area (Å²) in [6, 6.07) is 0. The van der Waals surface area contributed by atoms with Crippen LogP contribution in [0.5, 0.6) is 0 Å². The molecule has 0 radical (unpaired) electrons. The van der Waals surface area contributed by atoms with Gasteiger partial charge in [0.15, 0.2) is 5.69 Å². The van der Waals surface area contributed by atoms with E-state index in [1.807, 2.05) is 0 Å². The zero-order valence-electron chi connectivity index (χ0n) is 7.58. The van der Waals surface area contributed by atoms with E-state index in [9.17, 15) is 9.59 Å². The smallest absolute Gasteiger partial charge is 0.323 e. The Labute approximate surface area is 89.9 Å². The lowest BCUT2D eigenvalue weighted by molar-refractivity contribution is -0.137.